The van der Waals surface area contributed by atoms with Gasteiger partial charge in [0.05, 0.1) is 11.6 Å². The van der Waals surface area contributed by atoms with Crippen LogP contribution in [0.5, 0.6) is 0 Å². The number of thiophene rings is 1. The second kappa shape index (κ2) is 4.13. The summed E-state index contributed by atoms with van der Waals surface area (Å²) < 4.78 is 0. The molecule has 1 aromatic heterocycles. The number of isothiocyanates is 1. The minimum atomic E-state index is -0.234. The van der Waals surface area contributed by atoms with Crippen LogP contribution in [-0.4, -0.2) is 11.1 Å². The normalized spacial score (nSPS) is 8.73. The summed E-state index contributed by atoms with van der Waals surface area (Å²) in [4.78, 5) is 15.2. The van der Waals surface area contributed by atoms with Gasteiger partial charge in [-0.2, -0.15) is 4.99 Å². The minimum absolute atomic E-state index is 0.234. The van der Waals surface area contributed by atoms with Crippen molar-refractivity contribution in [3.05, 3.63) is 22.4 Å². The van der Waals surface area contributed by atoms with Gasteiger partial charge in [0.25, 0.3) is 5.91 Å². The zero-order chi connectivity index (χ0) is 8.10. The second-order valence-electron chi connectivity index (χ2n) is 1.85. The summed E-state index contributed by atoms with van der Waals surface area (Å²) in [5.41, 5.74) is 0. The molecule has 1 heterocycles. The summed E-state index contributed by atoms with van der Waals surface area (Å²) in [5.74, 6) is -0.234. The first-order valence-electron chi connectivity index (χ1n) is 2.96. The minimum Gasteiger partial charge on any atom is -0.271 e. The molecule has 11 heavy (non-hydrogen) atoms. The van der Waals surface area contributed by atoms with E-state index >= 15 is 0 Å². The van der Waals surface area contributed by atoms with Crippen LogP contribution in [0.25, 0.3) is 0 Å². The second-order valence-corrected chi connectivity index (χ2v) is 3.07. The summed E-state index contributed by atoms with van der Waals surface area (Å²) >= 11 is 5.82. The summed E-state index contributed by atoms with van der Waals surface area (Å²) in [6.45, 7) is 0. The Kier molecular flexibility index (Phi) is 3.11. The Labute approximate surface area is 73.6 Å². The lowest BCUT2D eigenvalue weighted by atomic mass is 10.3. The quantitative estimate of drug-likeness (QED) is 0.518. The van der Waals surface area contributed by atoms with Crippen LogP contribution in [0.4, 0.5) is 0 Å². The molecular weight excluding hydrogens is 178 g/mol. The number of hydrogen-bond acceptors (Lipinski definition) is 3. The fraction of sp³-hybridized carbons (Fsp3) is 0.143. The molecule has 0 aliphatic carbocycles. The van der Waals surface area contributed by atoms with Crippen LogP contribution in [0.15, 0.2) is 22.5 Å². The maximum atomic E-state index is 10.8. The highest BCUT2D eigenvalue weighted by Gasteiger charge is 2.00. The zero-order valence-corrected chi connectivity index (χ0v) is 7.24. The first kappa shape index (κ1) is 8.27. The van der Waals surface area contributed by atoms with E-state index in [2.05, 4.69) is 17.2 Å². The van der Waals surface area contributed by atoms with Crippen molar-refractivity contribution < 1.29 is 4.79 Å². The van der Waals surface area contributed by atoms with Crippen molar-refractivity contribution in [2.24, 2.45) is 4.99 Å². The fourth-order valence-corrected chi connectivity index (χ4v) is 1.45. The molecule has 56 valence electrons. The molecule has 0 saturated heterocycles. The number of hydrogen-bond donors (Lipinski definition) is 0. The lowest BCUT2D eigenvalue weighted by molar-refractivity contribution is -0.117. The van der Waals surface area contributed by atoms with Gasteiger partial charge < -0.3 is 0 Å². The number of amides is 1. The lowest BCUT2D eigenvalue weighted by Crippen LogP contribution is -1.95. The Morgan fingerprint density at radius 3 is 3.18 bits per heavy atom. The molecule has 0 aromatic carbocycles. The average Bonchev–Trinajstić information content (AvgIpc) is 2.40. The Morgan fingerprint density at radius 2 is 2.64 bits per heavy atom. The van der Waals surface area contributed by atoms with Crippen LogP contribution in [0.1, 0.15) is 4.88 Å². The molecule has 0 fully saturated rings. The van der Waals surface area contributed by atoms with Gasteiger partial charge in [-0.3, -0.25) is 4.79 Å². The molecule has 0 spiro atoms. The van der Waals surface area contributed by atoms with Gasteiger partial charge in [-0.15, -0.1) is 11.3 Å². The first-order chi connectivity index (χ1) is 5.33. The van der Waals surface area contributed by atoms with Crippen molar-refractivity contribution in [2.45, 2.75) is 6.42 Å². The standard InChI is InChI=1S/C7H5NOS2/c9-7(8-5-10)4-6-2-1-3-11-6/h1-3H,4H2. The molecule has 0 bridgehead atoms. The van der Waals surface area contributed by atoms with Crippen LogP contribution in [0, 0.1) is 0 Å². The highest BCUT2D eigenvalue weighted by molar-refractivity contribution is 7.78. The predicted octanol–water partition coefficient (Wildman–Crippen LogP) is 1.92. The van der Waals surface area contributed by atoms with E-state index in [-0.39, 0.29) is 5.91 Å². The van der Waals surface area contributed by atoms with E-state index in [9.17, 15) is 4.79 Å². The number of carbonyl (C=O) groups excluding carboxylic acids is 1. The van der Waals surface area contributed by atoms with Crippen molar-refractivity contribution in [2.75, 3.05) is 0 Å². The summed E-state index contributed by atoms with van der Waals surface area (Å²) in [6, 6.07) is 3.79. The number of carbonyl (C=O) groups is 1. The predicted molar refractivity (Wildman–Crippen MR) is 48.1 cm³/mol. The Bertz CT molecular complexity index is 285. The van der Waals surface area contributed by atoms with E-state index < -0.39 is 0 Å². The maximum Gasteiger partial charge on any atom is 0.259 e. The van der Waals surface area contributed by atoms with E-state index in [4.69, 9.17) is 0 Å². The molecule has 0 saturated carbocycles. The van der Waals surface area contributed by atoms with Crippen LogP contribution in [0.2, 0.25) is 0 Å². The average molecular weight is 183 g/mol. The first-order valence-corrected chi connectivity index (χ1v) is 4.25. The number of aliphatic imine (C=N–C) groups is 1. The zero-order valence-electron chi connectivity index (χ0n) is 5.61. The smallest absolute Gasteiger partial charge is 0.259 e. The summed E-state index contributed by atoms with van der Waals surface area (Å²) in [7, 11) is 0. The number of rotatable bonds is 2. The summed E-state index contributed by atoms with van der Waals surface area (Å²) in [6.07, 6.45) is 0.335. The highest BCUT2D eigenvalue weighted by Crippen LogP contribution is 2.09. The molecule has 0 aliphatic heterocycles. The van der Waals surface area contributed by atoms with Crippen LogP contribution < -0.4 is 0 Å². The Balaban J connectivity index is 2.57. The Morgan fingerprint density at radius 1 is 1.82 bits per heavy atom. The van der Waals surface area contributed by atoms with E-state index in [1.807, 2.05) is 22.7 Å². The lowest BCUT2D eigenvalue weighted by Gasteiger charge is -1.86. The van der Waals surface area contributed by atoms with Gasteiger partial charge in [0.2, 0.25) is 0 Å². The van der Waals surface area contributed by atoms with Gasteiger partial charge in [-0.1, -0.05) is 6.07 Å². The third kappa shape index (κ3) is 2.72. The van der Waals surface area contributed by atoms with Crippen LogP contribution in [-0.2, 0) is 11.2 Å². The summed E-state index contributed by atoms with van der Waals surface area (Å²) in [5, 5.41) is 3.96. The monoisotopic (exact) mass is 183 g/mol. The van der Waals surface area contributed by atoms with Gasteiger partial charge in [-0.25, -0.2) is 0 Å². The van der Waals surface area contributed by atoms with E-state index in [0.29, 0.717) is 6.42 Å². The van der Waals surface area contributed by atoms with Gasteiger partial charge >= 0.3 is 0 Å². The molecule has 4 heteroatoms. The molecule has 0 unspecified atom stereocenters. The van der Waals surface area contributed by atoms with Crippen LogP contribution >= 0.6 is 23.6 Å². The van der Waals surface area contributed by atoms with Crippen molar-refractivity contribution in [1.29, 1.82) is 0 Å². The Hall–Kier alpha value is -0.830. The number of nitrogens with zero attached hydrogens (tertiary/aromatic N) is 1. The largest absolute Gasteiger partial charge is 0.271 e. The van der Waals surface area contributed by atoms with E-state index in [0.717, 1.165) is 4.88 Å². The molecule has 0 atom stereocenters. The molecule has 1 amide bonds. The van der Waals surface area contributed by atoms with Crippen molar-refractivity contribution in [3.63, 3.8) is 0 Å². The van der Waals surface area contributed by atoms with Gasteiger partial charge in [0.1, 0.15) is 0 Å². The van der Waals surface area contributed by atoms with Gasteiger partial charge in [-0.05, 0) is 23.7 Å². The van der Waals surface area contributed by atoms with Crippen LogP contribution in [0.3, 0.4) is 0 Å². The molecule has 2 nitrogen and oxygen atoms in total. The SMILES string of the molecule is O=C(Cc1cccs1)N=C=S. The van der Waals surface area contributed by atoms with Crippen molar-refractivity contribution >= 4 is 34.6 Å². The van der Waals surface area contributed by atoms with Crippen molar-refractivity contribution in [1.82, 2.24) is 0 Å². The van der Waals surface area contributed by atoms with Gasteiger partial charge in [0.15, 0.2) is 0 Å². The van der Waals surface area contributed by atoms with E-state index in [1.165, 1.54) is 11.3 Å². The molecule has 0 aliphatic rings. The molecule has 0 radical (unpaired) electrons. The molecular formula is C7H5NOS2. The third-order valence-electron chi connectivity index (χ3n) is 1.08. The molecule has 0 N–H and O–H groups in total. The molecule has 1 aromatic rings. The van der Waals surface area contributed by atoms with E-state index in [1.54, 1.807) is 0 Å². The highest BCUT2D eigenvalue weighted by atomic mass is 32.1. The number of thiocarbonyl (C=S) groups is 1. The molecule has 1 rings (SSSR count). The van der Waals surface area contributed by atoms with Gasteiger partial charge in [0, 0.05) is 4.88 Å². The topological polar surface area (TPSA) is 29.4 Å². The van der Waals surface area contributed by atoms with Crippen molar-refractivity contribution in [3.8, 4) is 0 Å². The maximum absolute atomic E-state index is 10.8. The fourth-order valence-electron chi connectivity index (χ4n) is 0.653. The third-order valence-corrected chi connectivity index (χ3v) is 2.04.